The first-order chi connectivity index (χ1) is 30.3. The number of amides is 2. The van der Waals surface area contributed by atoms with Crippen LogP contribution in [0.3, 0.4) is 0 Å². The summed E-state index contributed by atoms with van der Waals surface area (Å²) in [6.45, 7) is 24.4. The first kappa shape index (κ1) is 55.0. The van der Waals surface area contributed by atoms with Crippen LogP contribution in [0.15, 0.2) is 25.3 Å². The van der Waals surface area contributed by atoms with Crippen LogP contribution in [0, 0.1) is 46.3 Å². The summed E-state index contributed by atoms with van der Waals surface area (Å²) in [6.07, 6.45) is 23.2. The maximum absolute atomic E-state index is 13.7. The lowest BCUT2D eigenvalue weighted by atomic mass is 9.43. The fourth-order valence-electron chi connectivity index (χ4n) is 12.6. The summed E-state index contributed by atoms with van der Waals surface area (Å²) in [5.74, 6) is 2.18. The summed E-state index contributed by atoms with van der Waals surface area (Å²) in [6, 6.07) is 0. The molecule has 364 valence electrons. The van der Waals surface area contributed by atoms with Crippen molar-refractivity contribution in [3.05, 3.63) is 25.3 Å². The SMILES string of the molecule is C=CC(=O)O.C=CCN(CC(=O)N(CCCCCCCC)CCC[C@@H](C)[C@H]1CC[C@H]2C3[C@H](OCCCN)CC4C[C@H](OCCCN)CC[C@]4(C)[C@H]3C[C@H](OCCCN)[C@]12C)C(C)=O. The standard InChI is InChI=1S/C48H89N5O5.C3H4O2/c1-7-9-10-11-12-13-27-52(45(55)35-53(26-8-2)37(4)54)28-14-18-36(3)40-19-20-41-46-42(34-44(48(40,41)6)58-31-17-25-51)47(5)22-21-39(56-29-15-23-49)32-38(47)33-43(46)57-30-16-24-50;1-2-3(4)5/h8,36,38-44,46H,2,7,9-35,49-51H2,1,3-6H3;2H,1H2,(H,4,5)/t36-,38?,39-,40-,41+,42+,43-,44+,46?,47+,48-;/m1./s1. The van der Waals surface area contributed by atoms with Crippen molar-refractivity contribution in [3.63, 3.8) is 0 Å². The van der Waals surface area contributed by atoms with Crippen molar-refractivity contribution in [1.82, 2.24) is 9.80 Å². The summed E-state index contributed by atoms with van der Waals surface area (Å²) >= 11 is 0. The van der Waals surface area contributed by atoms with Crippen molar-refractivity contribution >= 4 is 17.8 Å². The van der Waals surface area contributed by atoms with Gasteiger partial charge in [-0.3, -0.25) is 9.59 Å². The minimum absolute atomic E-state index is 0.0388. The normalized spacial score (nSPS) is 30.2. The smallest absolute Gasteiger partial charge is 0.327 e. The van der Waals surface area contributed by atoms with Gasteiger partial charge in [0.05, 0.1) is 18.3 Å². The van der Waals surface area contributed by atoms with E-state index in [1.54, 1.807) is 17.9 Å². The van der Waals surface area contributed by atoms with Crippen molar-refractivity contribution in [2.24, 2.45) is 63.5 Å². The van der Waals surface area contributed by atoms with Gasteiger partial charge in [-0.2, -0.15) is 0 Å². The van der Waals surface area contributed by atoms with Crippen LogP contribution in [-0.4, -0.2) is 117 Å². The van der Waals surface area contributed by atoms with Crippen LogP contribution in [0.5, 0.6) is 0 Å². The average molecular weight is 888 g/mol. The van der Waals surface area contributed by atoms with Crippen LogP contribution in [0.4, 0.5) is 0 Å². The van der Waals surface area contributed by atoms with Crippen LogP contribution in [0.25, 0.3) is 0 Å². The number of aliphatic carboxylic acids is 1. The second-order valence-corrected chi connectivity index (χ2v) is 20.0. The van der Waals surface area contributed by atoms with E-state index in [1.807, 2.05) is 0 Å². The van der Waals surface area contributed by atoms with Gasteiger partial charge in [-0.25, -0.2) is 4.79 Å². The van der Waals surface area contributed by atoms with Gasteiger partial charge >= 0.3 is 5.97 Å². The van der Waals surface area contributed by atoms with E-state index < -0.39 is 5.97 Å². The summed E-state index contributed by atoms with van der Waals surface area (Å²) < 4.78 is 20.5. The van der Waals surface area contributed by atoms with Crippen LogP contribution < -0.4 is 17.2 Å². The third kappa shape index (κ3) is 15.6. The number of hydrogen-bond donors (Lipinski definition) is 4. The molecule has 0 aliphatic heterocycles. The van der Waals surface area contributed by atoms with E-state index in [2.05, 4.69) is 45.8 Å². The van der Waals surface area contributed by atoms with Gasteiger partial charge in [0.2, 0.25) is 11.8 Å². The Balaban J connectivity index is 0.00000199. The van der Waals surface area contributed by atoms with E-state index >= 15 is 0 Å². The Kier molecular flexibility index (Phi) is 25.0. The van der Waals surface area contributed by atoms with Crippen molar-refractivity contribution < 1.29 is 33.7 Å². The molecule has 0 bridgehead atoms. The van der Waals surface area contributed by atoms with Gasteiger partial charge in [0.15, 0.2) is 0 Å². The van der Waals surface area contributed by atoms with Crippen LogP contribution in [-0.2, 0) is 28.6 Å². The molecule has 4 aliphatic carbocycles. The molecule has 0 aromatic carbocycles. The molecular formula is C51H93N5O7. The highest BCUT2D eigenvalue weighted by Crippen LogP contribution is 2.69. The Morgan fingerprint density at radius 1 is 0.794 bits per heavy atom. The number of nitrogens with zero attached hydrogens (tertiary/aromatic N) is 2. The number of hydrogen-bond acceptors (Lipinski definition) is 9. The second-order valence-electron chi connectivity index (χ2n) is 20.0. The first-order valence-corrected chi connectivity index (χ1v) is 25.2. The Morgan fingerprint density at radius 3 is 2.03 bits per heavy atom. The molecule has 4 fully saturated rings. The molecule has 0 spiro atoms. The lowest BCUT2D eigenvalue weighted by Gasteiger charge is -2.65. The number of unbranched alkanes of at least 4 members (excludes halogenated alkanes) is 5. The van der Waals surface area contributed by atoms with Crippen molar-refractivity contribution in [2.75, 3.05) is 65.6 Å². The highest BCUT2D eigenvalue weighted by atomic mass is 16.5. The molecule has 2 unspecified atom stereocenters. The van der Waals surface area contributed by atoms with Gasteiger partial charge in [0.25, 0.3) is 0 Å². The van der Waals surface area contributed by atoms with Crippen LogP contribution >= 0.6 is 0 Å². The van der Waals surface area contributed by atoms with Gasteiger partial charge in [-0.1, -0.05) is 72.5 Å². The fraction of sp³-hybridized carbons (Fsp3) is 0.863. The molecule has 2 amide bonds. The number of ether oxygens (including phenoxy) is 3. The van der Waals surface area contributed by atoms with Crippen molar-refractivity contribution in [3.8, 4) is 0 Å². The van der Waals surface area contributed by atoms with Crippen LogP contribution in [0.2, 0.25) is 0 Å². The van der Waals surface area contributed by atoms with Gasteiger partial charge in [0.1, 0.15) is 6.54 Å². The van der Waals surface area contributed by atoms with E-state index in [0.29, 0.717) is 74.4 Å². The molecule has 0 aromatic heterocycles. The molecule has 12 nitrogen and oxygen atoms in total. The lowest BCUT2D eigenvalue weighted by molar-refractivity contribution is -0.227. The number of rotatable bonds is 29. The number of carbonyl (C=O) groups excluding carboxylic acids is 2. The molecule has 12 heteroatoms. The monoisotopic (exact) mass is 888 g/mol. The molecule has 4 saturated carbocycles. The summed E-state index contributed by atoms with van der Waals surface area (Å²) in [4.78, 5) is 39.0. The quantitative estimate of drug-likeness (QED) is 0.0327. The predicted molar refractivity (Wildman–Crippen MR) is 255 cm³/mol. The van der Waals surface area contributed by atoms with Gasteiger partial charge in [0, 0.05) is 57.9 Å². The number of fused-ring (bicyclic) bond motifs is 5. The van der Waals surface area contributed by atoms with E-state index in [4.69, 9.17) is 36.5 Å². The second kappa shape index (κ2) is 28.6. The maximum Gasteiger partial charge on any atom is 0.327 e. The minimum atomic E-state index is -0.981. The van der Waals surface area contributed by atoms with E-state index in [1.165, 1.54) is 44.9 Å². The molecule has 0 radical (unpaired) electrons. The third-order valence-corrected chi connectivity index (χ3v) is 16.0. The van der Waals surface area contributed by atoms with Gasteiger partial charge in [-0.15, -0.1) is 6.58 Å². The highest BCUT2D eigenvalue weighted by Gasteiger charge is 2.66. The Labute approximate surface area is 383 Å². The fourth-order valence-corrected chi connectivity index (χ4v) is 12.6. The molecule has 7 N–H and O–H groups in total. The van der Waals surface area contributed by atoms with Gasteiger partial charge in [-0.05, 0) is 144 Å². The molecule has 63 heavy (non-hydrogen) atoms. The molecule has 0 heterocycles. The number of carbonyl (C=O) groups is 3. The number of nitrogens with two attached hydrogens (primary N) is 3. The van der Waals surface area contributed by atoms with E-state index in [0.717, 1.165) is 103 Å². The number of carboxylic acid groups (broad SMARTS) is 1. The predicted octanol–water partition coefficient (Wildman–Crippen LogP) is 7.96. The zero-order valence-corrected chi connectivity index (χ0v) is 40.6. The third-order valence-electron chi connectivity index (χ3n) is 16.0. The zero-order chi connectivity index (χ0) is 46.4. The molecule has 4 rings (SSSR count). The molecular weight excluding hydrogens is 795 g/mol. The van der Waals surface area contributed by atoms with E-state index in [-0.39, 0.29) is 41.4 Å². The van der Waals surface area contributed by atoms with Crippen molar-refractivity contribution in [2.45, 2.75) is 169 Å². The highest BCUT2D eigenvalue weighted by molar-refractivity contribution is 5.84. The molecule has 11 atom stereocenters. The minimum Gasteiger partial charge on any atom is -0.478 e. The van der Waals surface area contributed by atoms with Crippen molar-refractivity contribution in [1.29, 1.82) is 0 Å². The van der Waals surface area contributed by atoms with E-state index in [9.17, 15) is 14.4 Å². The average Bonchev–Trinajstić information content (AvgIpc) is 3.62. The van der Waals surface area contributed by atoms with Crippen LogP contribution in [0.1, 0.15) is 150 Å². The summed E-state index contributed by atoms with van der Waals surface area (Å²) in [5.41, 5.74) is 18.1. The largest absolute Gasteiger partial charge is 0.478 e. The zero-order valence-electron chi connectivity index (χ0n) is 40.6. The Bertz CT molecular complexity index is 1370. The maximum atomic E-state index is 13.7. The molecule has 0 saturated heterocycles. The summed E-state index contributed by atoms with van der Waals surface area (Å²) in [5, 5.41) is 7.60. The molecule has 0 aromatic rings. The number of carboxylic acids is 1. The Hall–Kier alpha value is -2.35. The summed E-state index contributed by atoms with van der Waals surface area (Å²) in [7, 11) is 0. The lowest BCUT2D eigenvalue weighted by Crippen LogP contribution is -2.63. The molecule has 4 aliphatic rings. The van der Waals surface area contributed by atoms with Gasteiger partial charge < -0.3 is 46.3 Å². The topological polar surface area (TPSA) is 184 Å². The first-order valence-electron chi connectivity index (χ1n) is 25.2. The Morgan fingerprint density at radius 2 is 1.41 bits per heavy atom.